The second kappa shape index (κ2) is 3.30. The molecule has 0 N–H and O–H groups in total. The van der Waals surface area contributed by atoms with E-state index in [1.165, 1.54) is 15.4 Å². The third-order valence-electron chi connectivity index (χ3n) is 3.72. The predicted octanol–water partition coefficient (Wildman–Crippen LogP) is 2.65. The molecule has 0 bridgehead atoms. The molecule has 0 saturated heterocycles. The Labute approximate surface area is 114 Å². The minimum Gasteiger partial charge on any atom is -0.442 e. The fraction of sp³-hybridized carbons (Fsp3) is 0. The first-order valence-corrected chi connectivity index (χ1v) is 7.06. The summed E-state index contributed by atoms with van der Waals surface area (Å²) in [5, 5.41) is 1.27. The zero-order chi connectivity index (χ0) is 12.4. The van der Waals surface area contributed by atoms with Crippen LogP contribution in [-0.4, -0.2) is 15.9 Å². The van der Waals surface area contributed by atoms with Crippen molar-refractivity contribution in [2.24, 2.45) is 0 Å². The highest BCUT2D eigenvalue weighted by Crippen LogP contribution is 2.38. The molecule has 1 aromatic carbocycles. The molecule has 5 heteroatoms. The van der Waals surface area contributed by atoms with Gasteiger partial charge in [-0.2, -0.15) is 0 Å². The van der Waals surface area contributed by atoms with E-state index in [4.69, 9.17) is 4.74 Å². The number of fused-ring (bicyclic) bond motifs is 4. The molecule has 2 aromatic heterocycles. The molecule has 0 atom stereocenters. The lowest BCUT2D eigenvalue weighted by molar-refractivity contribution is 0.452. The Balaban J connectivity index is 1.89. The van der Waals surface area contributed by atoms with Gasteiger partial charge in [0.05, 0.1) is 5.03 Å². The van der Waals surface area contributed by atoms with Gasteiger partial charge in [0.1, 0.15) is 5.75 Å². The standard InChI is InChI=1S/C14H9BN2OS/c1-4-10-14-11(5-1)19-13-7-3-9-17(13)15(14)16-8-2-6-12(16)18-10/h1-9H. The number of ether oxygens (including phenoxy) is 1. The average molecular weight is 264 g/mol. The van der Waals surface area contributed by atoms with Crippen LogP contribution in [0.25, 0.3) is 0 Å². The second-order valence-corrected chi connectivity index (χ2v) is 5.82. The van der Waals surface area contributed by atoms with Crippen LogP contribution < -0.4 is 10.2 Å². The predicted molar refractivity (Wildman–Crippen MR) is 75.7 cm³/mol. The Morgan fingerprint density at radius 3 is 2.84 bits per heavy atom. The Morgan fingerprint density at radius 1 is 0.947 bits per heavy atom. The van der Waals surface area contributed by atoms with E-state index in [0.29, 0.717) is 0 Å². The van der Waals surface area contributed by atoms with E-state index in [1.807, 2.05) is 12.1 Å². The average Bonchev–Trinajstić information content (AvgIpc) is 3.05. The maximum atomic E-state index is 5.99. The van der Waals surface area contributed by atoms with Gasteiger partial charge in [-0.15, -0.1) is 0 Å². The third-order valence-corrected chi connectivity index (χ3v) is 4.85. The number of rotatable bonds is 0. The van der Waals surface area contributed by atoms with Crippen LogP contribution in [0.4, 0.5) is 0 Å². The van der Waals surface area contributed by atoms with E-state index < -0.39 is 0 Å². The highest BCUT2D eigenvalue weighted by molar-refractivity contribution is 7.99. The minimum atomic E-state index is 0.177. The molecule has 90 valence electrons. The topological polar surface area (TPSA) is 19.1 Å². The first-order chi connectivity index (χ1) is 9.42. The maximum absolute atomic E-state index is 5.99. The normalized spacial score (nSPS) is 14.4. The van der Waals surface area contributed by atoms with Gasteiger partial charge in [0.25, 0.3) is 0 Å². The summed E-state index contributed by atoms with van der Waals surface area (Å²) in [6, 6.07) is 14.6. The quantitative estimate of drug-likeness (QED) is 0.400. The molecule has 0 amide bonds. The van der Waals surface area contributed by atoms with Crippen LogP contribution in [0, 0.1) is 0 Å². The molecule has 0 fully saturated rings. The van der Waals surface area contributed by atoms with Crippen molar-refractivity contribution in [1.29, 1.82) is 0 Å². The summed E-state index contributed by atoms with van der Waals surface area (Å²) in [6.07, 6.45) is 4.22. The van der Waals surface area contributed by atoms with E-state index in [0.717, 1.165) is 11.6 Å². The summed E-state index contributed by atoms with van der Waals surface area (Å²) in [7, 11) is 0. The van der Waals surface area contributed by atoms with Gasteiger partial charge in [-0.3, -0.25) is 0 Å². The molecule has 5 rings (SSSR count). The molecule has 0 unspecified atom stereocenters. The fourth-order valence-corrected chi connectivity index (χ4v) is 4.03. The largest absolute Gasteiger partial charge is 0.442 e. The molecule has 4 heterocycles. The van der Waals surface area contributed by atoms with Crippen LogP contribution in [0.1, 0.15) is 0 Å². The highest BCUT2D eigenvalue weighted by atomic mass is 32.2. The molecule has 0 aliphatic carbocycles. The lowest BCUT2D eigenvalue weighted by Gasteiger charge is -2.32. The van der Waals surface area contributed by atoms with Crippen molar-refractivity contribution >= 4 is 24.2 Å². The summed E-state index contributed by atoms with van der Waals surface area (Å²) in [5.41, 5.74) is 1.26. The number of nitrogens with zero attached hydrogens (tertiary/aromatic N) is 2. The van der Waals surface area contributed by atoms with Crippen LogP contribution in [0.3, 0.4) is 0 Å². The van der Waals surface area contributed by atoms with E-state index in [-0.39, 0.29) is 6.98 Å². The van der Waals surface area contributed by atoms with Gasteiger partial charge in [0.2, 0.25) is 0 Å². The van der Waals surface area contributed by atoms with Crippen LogP contribution >= 0.6 is 11.8 Å². The van der Waals surface area contributed by atoms with Crippen molar-refractivity contribution in [3.8, 4) is 11.6 Å². The van der Waals surface area contributed by atoms with Crippen molar-refractivity contribution in [3.63, 3.8) is 0 Å². The molecule has 19 heavy (non-hydrogen) atoms. The molecule has 0 radical (unpaired) electrons. The Bertz CT molecular complexity index is 745. The number of benzene rings is 1. The third kappa shape index (κ3) is 1.16. The highest BCUT2D eigenvalue weighted by Gasteiger charge is 2.38. The molecule has 0 spiro atoms. The lowest BCUT2D eigenvalue weighted by Crippen LogP contribution is -2.50. The van der Waals surface area contributed by atoms with Crippen molar-refractivity contribution < 1.29 is 4.74 Å². The Kier molecular flexibility index (Phi) is 1.72. The van der Waals surface area contributed by atoms with Crippen molar-refractivity contribution in [3.05, 3.63) is 54.9 Å². The van der Waals surface area contributed by atoms with Gasteiger partial charge in [-0.25, -0.2) is 0 Å². The zero-order valence-electron chi connectivity index (χ0n) is 9.98. The summed E-state index contributed by atoms with van der Waals surface area (Å²) in [6.45, 7) is 0.177. The van der Waals surface area contributed by atoms with Gasteiger partial charge in [-0.1, -0.05) is 17.8 Å². The molecule has 2 aliphatic heterocycles. The van der Waals surface area contributed by atoms with Crippen molar-refractivity contribution in [2.45, 2.75) is 9.92 Å². The summed E-state index contributed by atoms with van der Waals surface area (Å²) in [5.74, 6) is 1.88. The Hall–Kier alpha value is -2.01. The summed E-state index contributed by atoms with van der Waals surface area (Å²) >= 11 is 1.80. The van der Waals surface area contributed by atoms with Gasteiger partial charge in [0.15, 0.2) is 5.88 Å². The van der Waals surface area contributed by atoms with Crippen LogP contribution in [0.5, 0.6) is 11.6 Å². The van der Waals surface area contributed by atoms with E-state index in [9.17, 15) is 0 Å². The number of aromatic nitrogens is 2. The van der Waals surface area contributed by atoms with Crippen LogP contribution in [0.2, 0.25) is 0 Å². The molecule has 2 aliphatic rings. The van der Waals surface area contributed by atoms with E-state index >= 15 is 0 Å². The first-order valence-electron chi connectivity index (χ1n) is 6.24. The number of hydrogen-bond donors (Lipinski definition) is 0. The van der Waals surface area contributed by atoms with E-state index in [2.05, 4.69) is 51.7 Å². The summed E-state index contributed by atoms with van der Waals surface area (Å²) in [4.78, 5) is 1.29. The zero-order valence-corrected chi connectivity index (χ0v) is 10.8. The Morgan fingerprint density at radius 2 is 1.84 bits per heavy atom. The first kappa shape index (κ1) is 9.86. The van der Waals surface area contributed by atoms with E-state index in [1.54, 1.807) is 11.8 Å². The minimum absolute atomic E-state index is 0.177. The van der Waals surface area contributed by atoms with Gasteiger partial charge >= 0.3 is 6.98 Å². The molecule has 0 saturated carbocycles. The number of hydrogen-bond acceptors (Lipinski definition) is 2. The van der Waals surface area contributed by atoms with Crippen LogP contribution in [0.15, 0.2) is 64.8 Å². The monoisotopic (exact) mass is 264 g/mol. The maximum Gasteiger partial charge on any atom is 0.427 e. The van der Waals surface area contributed by atoms with Crippen LogP contribution in [-0.2, 0) is 0 Å². The molecule has 3 aromatic rings. The summed E-state index contributed by atoms with van der Waals surface area (Å²) < 4.78 is 10.5. The van der Waals surface area contributed by atoms with Crippen molar-refractivity contribution in [2.75, 3.05) is 0 Å². The van der Waals surface area contributed by atoms with Crippen molar-refractivity contribution in [1.82, 2.24) is 8.96 Å². The van der Waals surface area contributed by atoms with Gasteiger partial charge in [0, 0.05) is 10.4 Å². The molecular weight excluding hydrogens is 255 g/mol. The van der Waals surface area contributed by atoms with Gasteiger partial charge < -0.3 is 13.7 Å². The molecular formula is C14H9BN2OS. The molecule has 3 nitrogen and oxygen atoms in total. The smallest absolute Gasteiger partial charge is 0.427 e. The van der Waals surface area contributed by atoms with Gasteiger partial charge in [-0.05, 0) is 48.8 Å². The fourth-order valence-electron chi connectivity index (χ4n) is 2.93. The second-order valence-electron chi connectivity index (χ2n) is 4.75. The lowest BCUT2D eigenvalue weighted by atomic mass is 9.66. The SMILES string of the molecule is c1cc2c3c(c1)Sc1cccn1B3n1cccc1O2.